The van der Waals surface area contributed by atoms with E-state index in [2.05, 4.69) is 13.8 Å². The average Bonchev–Trinajstić information content (AvgIpc) is 2.28. The van der Waals surface area contributed by atoms with E-state index in [-0.39, 0.29) is 12.6 Å². The van der Waals surface area contributed by atoms with Gasteiger partial charge >= 0.3 is 5.97 Å². The summed E-state index contributed by atoms with van der Waals surface area (Å²) in [6.07, 6.45) is 4.37. The van der Waals surface area contributed by atoms with Crippen LogP contribution in [0.5, 0.6) is 0 Å². The molecule has 0 spiro atoms. The van der Waals surface area contributed by atoms with Crippen molar-refractivity contribution in [3.05, 3.63) is 11.6 Å². The summed E-state index contributed by atoms with van der Waals surface area (Å²) in [6.45, 7) is 8.58. The van der Waals surface area contributed by atoms with Gasteiger partial charge in [0, 0.05) is 12.7 Å². The number of esters is 1. The van der Waals surface area contributed by atoms with E-state index in [4.69, 9.17) is 9.84 Å². The highest BCUT2D eigenvalue weighted by Crippen LogP contribution is 2.18. The highest BCUT2D eigenvalue weighted by atomic mass is 16.5. The average molecular weight is 242 g/mol. The molecular formula is C14H26O3. The molecule has 3 nitrogen and oxygen atoms in total. The third-order valence-corrected chi connectivity index (χ3v) is 2.95. The summed E-state index contributed by atoms with van der Waals surface area (Å²) < 4.78 is 5.20. The van der Waals surface area contributed by atoms with Crippen LogP contribution < -0.4 is 0 Å². The molecule has 1 N–H and O–H groups in total. The number of hydrogen-bond donors (Lipinski definition) is 1. The van der Waals surface area contributed by atoms with Crippen LogP contribution in [0, 0.1) is 11.8 Å². The van der Waals surface area contributed by atoms with E-state index in [1.54, 1.807) is 0 Å². The molecule has 0 aliphatic heterocycles. The third-order valence-electron chi connectivity index (χ3n) is 2.95. The molecule has 0 radical (unpaired) electrons. The third kappa shape index (κ3) is 7.97. The van der Waals surface area contributed by atoms with Crippen molar-refractivity contribution >= 4 is 5.97 Å². The Morgan fingerprint density at radius 3 is 2.24 bits per heavy atom. The molecule has 17 heavy (non-hydrogen) atoms. The zero-order valence-electron chi connectivity index (χ0n) is 11.5. The van der Waals surface area contributed by atoms with Gasteiger partial charge in [-0.25, -0.2) is 4.79 Å². The molecule has 0 aliphatic rings. The fourth-order valence-electron chi connectivity index (χ4n) is 1.67. The highest BCUT2D eigenvalue weighted by Gasteiger charge is 2.14. The number of allylic oxidation sites excluding steroid dienone is 1. The molecule has 0 bridgehead atoms. The molecule has 0 heterocycles. The van der Waals surface area contributed by atoms with Gasteiger partial charge in [0.15, 0.2) is 0 Å². The van der Waals surface area contributed by atoms with Gasteiger partial charge in [0.05, 0.1) is 6.61 Å². The number of hydrogen-bond acceptors (Lipinski definition) is 3. The van der Waals surface area contributed by atoms with Crippen molar-refractivity contribution in [3.8, 4) is 0 Å². The zero-order valence-corrected chi connectivity index (χ0v) is 11.5. The minimum atomic E-state index is -0.263. The molecule has 0 aromatic rings. The second-order valence-corrected chi connectivity index (χ2v) is 4.82. The minimum Gasteiger partial charge on any atom is -0.462 e. The maximum absolute atomic E-state index is 11.4. The van der Waals surface area contributed by atoms with Gasteiger partial charge in [-0.1, -0.05) is 32.3 Å². The fraction of sp³-hybridized carbons (Fsp3) is 0.786. The minimum absolute atomic E-state index is 0.217. The first-order valence-electron chi connectivity index (χ1n) is 6.45. The SMILES string of the molecule is CCC(CO)CC(CC)COC(=O)C=C(C)C. The predicted molar refractivity (Wildman–Crippen MR) is 69.7 cm³/mol. The first-order valence-corrected chi connectivity index (χ1v) is 6.45. The lowest BCUT2D eigenvalue weighted by Gasteiger charge is -2.19. The van der Waals surface area contributed by atoms with Crippen LogP contribution in [0.4, 0.5) is 0 Å². The van der Waals surface area contributed by atoms with Crippen LogP contribution in [0.3, 0.4) is 0 Å². The molecule has 0 saturated carbocycles. The Morgan fingerprint density at radius 1 is 1.24 bits per heavy atom. The van der Waals surface area contributed by atoms with Crippen LogP contribution in [-0.2, 0) is 9.53 Å². The van der Waals surface area contributed by atoms with E-state index in [1.165, 1.54) is 6.08 Å². The van der Waals surface area contributed by atoms with Gasteiger partial charge < -0.3 is 9.84 Å². The van der Waals surface area contributed by atoms with Crippen molar-refractivity contribution in [2.45, 2.75) is 47.0 Å². The first-order chi connectivity index (χ1) is 8.03. The van der Waals surface area contributed by atoms with Crippen LogP contribution in [0.25, 0.3) is 0 Å². The maximum atomic E-state index is 11.4. The summed E-state index contributed by atoms with van der Waals surface area (Å²) >= 11 is 0. The molecule has 0 aliphatic carbocycles. The largest absolute Gasteiger partial charge is 0.462 e. The Kier molecular flexibility index (Phi) is 8.78. The molecular weight excluding hydrogens is 216 g/mol. The molecule has 0 amide bonds. The summed E-state index contributed by atoms with van der Waals surface area (Å²) in [4.78, 5) is 11.4. The number of aliphatic hydroxyl groups excluding tert-OH is 1. The summed E-state index contributed by atoms with van der Waals surface area (Å²) in [5.74, 6) is 0.407. The van der Waals surface area contributed by atoms with Gasteiger partial charge in [0.25, 0.3) is 0 Å². The van der Waals surface area contributed by atoms with Crippen molar-refractivity contribution in [2.24, 2.45) is 11.8 Å². The predicted octanol–water partition coefficient (Wildman–Crippen LogP) is 2.93. The normalized spacial score (nSPS) is 13.9. The van der Waals surface area contributed by atoms with Crippen LogP contribution >= 0.6 is 0 Å². The Bertz CT molecular complexity index is 238. The Hall–Kier alpha value is -0.830. The molecule has 0 fully saturated rings. The van der Waals surface area contributed by atoms with Gasteiger partial charge in [0.2, 0.25) is 0 Å². The zero-order chi connectivity index (χ0) is 13.3. The summed E-state index contributed by atoms with van der Waals surface area (Å²) in [7, 11) is 0. The summed E-state index contributed by atoms with van der Waals surface area (Å²) in [5, 5.41) is 9.15. The van der Waals surface area contributed by atoms with Gasteiger partial charge in [-0.3, -0.25) is 0 Å². The molecule has 2 atom stereocenters. The van der Waals surface area contributed by atoms with Gasteiger partial charge in [-0.15, -0.1) is 0 Å². The number of carbonyl (C=O) groups excluding carboxylic acids is 1. The van der Waals surface area contributed by atoms with Crippen molar-refractivity contribution in [2.75, 3.05) is 13.2 Å². The topological polar surface area (TPSA) is 46.5 Å². The van der Waals surface area contributed by atoms with E-state index >= 15 is 0 Å². The molecule has 0 rings (SSSR count). The van der Waals surface area contributed by atoms with Crippen molar-refractivity contribution in [1.29, 1.82) is 0 Å². The van der Waals surface area contributed by atoms with Crippen LogP contribution in [0.1, 0.15) is 47.0 Å². The smallest absolute Gasteiger partial charge is 0.330 e. The Balaban J connectivity index is 4.05. The summed E-state index contributed by atoms with van der Waals surface area (Å²) in [5.41, 5.74) is 0.949. The fourth-order valence-corrected chi connectivity index (χ4v) is 1.67. The van der Waals surface area contributed by atoms with Crippen molar-refractivity contribution in [3.63, 3.8) is 0 Å². The molecule has 2 unspecified atom stereocenters. The second kappa shape index (κ2) is 9.23. The molecule has 3 heteroatoms. The van der Waals surface area contributed by atoms with Crippen molar-refractivity contribution < 1.29 is 14.6 Å². The monoisotopic (exact) mass is 242 g/mol. The standard InChI is InChI=1S/C14H26O3/c1-5-12(9-15)8-13(6-2)10-17-14(16)7-11(3)4/h7,12-13,15H,5-6,8-10H2,1-4H3. The van der Waals surface area contributed by atoms with Gasteiger partial charge in [-0.2, -0.15) is 0 Å². The van der Waals surface area contributed by atoms with E-state index in [0.717, 1.165) is 24.8 Å². The van der Waals surface area contributed by atoms with Gasteiger partial charge in [0.1, 0.15) is 0 Å². The highest BCUT2D eigenvalue weighted by molar-refractivity contribution is 5.82. The lowest BCUT2D eigenvalue weighted by Crippen LogP contribution is -2.17. The van der Waals surface area contributed by atoms with Crippen molar-refractivity contribution in [1.82, 2.24) is 0 Å². The molecule has 0 saturated heterocycles. The Labute approximate surface area is 105 Å². The van der Waals surface area contributed by atoms with Gasteiger partial charge in [-0.05, 0) is 32.1 Å². The number of ether oxygens (including phenoxy) is 1. The number of rotatable bonds is 8. The lowest BCUT2D eigenvalue weighted by atomic mass is 9.92. The van der Waals surface area contributed by atoms with E-state index in [1.807, 2.05) is 13.8 Å². The van der Waals surface area contributed by atoms with E-state index < -0.39 is 0 Å². The number of aliphatic hydroxyl groups is 1. The van der Waals surface area contributed by atoms with E-state index in [9.17, 15) is 4.79 Å². The quantitative estimate of drug-likeness (QED) is 0.526. The van der Waals surface area contributed by atoms with Crippen LogP contribution in [0.2, 0.25) is 0 Å². The van der Waals surface area contributed by atoms with Crippen LogP contribution in [-0.4, -0.2) is 24.3 Å². The molecule has 0 aromatic heterocycles. The summed E-state index contributed by atoms with van der Waals surface area (Å²) in [6, 6.07) is 0. The van der Waals surface area contributed by atoms with Crippen LogP contribution in [0.15, 0.2) is 11.6 Å². The maximum Gasteiger partial charge on any atom is 0.330 e. The second-order valence-electron chi connectivity index (χ2n) is 4.82. The molecule has 0 aromatic carbocycles. The lowest BCUT2D eigenvalue weighted by molar-refractivity contribution is -0.139. The molecule has 100 valence electrons. The van der Waals surface area contributed by atoms with E-state index in [0.29, 0.717) is 18.4 Å². The Morgan fingerprint density at radius 2 is 1.82 bits per heavy atom. The number of carbonyl (C=O) groups is 1. The first kappa shape index (κ1) is 16.2.